The summed E-state index contributed by atoms with van der Waals surface area (Å²) in [7, 11) is 0. The van der Waals surface area contributed by atoms with Crippen LogP contribution in [0, 0.1) is 0 Å². The molecule has 0 amide bonds. The van der Waals surface area contributed by atoms with Crippen molar-refractivity contribution >= 4 is 65.0 Å². The maximum atomic E-state index is 6.72. The molecule has 2 nitrogen and oxygen atoms in total. The van der Waals surface area contributed by atoms with Gasteiger partial charge in [0.05, 0.1) is 4.70 Å². The second-order valence-electron chi connectivity index (χ2n) is 6.59. The first-order chi connectivity index (χ1) is 13.3. The van der Waals surface area contributed by atoms with Crippen molar-refractivity contribution in [3.8, 4) is 11.5 Å². The Hall–Kier alpha value is -2.88. The minimum absolute atomic E-state index is 0.597. The van der Waals surface area contributed by atoms with E-state index in [9.17, 15) is 0 Å². The van der Waals surface area contributed by atoms with Crippen LogP contribution in [0.5, 0.6) is 0 Å². The van der Waals surface area contributed by atoms with Gasteiger partial charge in [0.1, 0.15) is 10.5 Å². The molecule has 0 atom stereocenters. The SMILES string of the molecule is Clc1c2oc(-c3ccc4ccccc4c3)nc2cc2c1sc1ccccc12. The van der Waals surface area contributed by atoms with Crippen LogP contribution >= 0.6 is 22.9 Å². The molecule has 0 saturated heterocycles. The van der Waals surface area contributed by atoms with Gasteiger partial charge >= 0.3 is 0 Å². The first-order valence-electron chi connectivity index (χ1n) is 8.67. The summed E-state index contributed by atoms with van der Waals surface area (Å²) in [5.74, 6) is 0.597. The fraction of sp³-hybridized carbons (Fsp3) is 0. The van der Waals surface area contributed by atoms with Crippen molar-refractivity contribution in [2.24, 2.45) is 0 Å². The van der Waals surface area contributed by atoms with Gasteiger partial charge in [-0.15, -0.1) is 11.3 Å². The zero-order chi connectivity index (χ0) is 18.0. The van der Waals surface area contributed by atoms with Gasteiger partial charge in [0, 0.05) is 21.0 Å². The van der Waals surface area contributed by atoms with Crippen molar-refractivity contribution in [2.45, 2.75) is 0 Å². The van der Waals surface area contributed by atoms with Crippen molar-refractivity contribution in [3.05, 3.63) is 77.8 Å². The molecule has 128 valence electrons. The summed E-state index contributed by atoms with van der Waals surface area (Å²) in [6.45, 7) is 0. The van der Waals surface area contributed by atoms with Crippen LogP contribution in [-0.2, 0) is 0 Å². The summed E-state index contributed by atoms with van der Waals surface area (Å²) < 4.78 is 8.37. The van der Waals surface area contributed by atoms with Crippen LogP contribution in [0.2, 0.25) is 5.02 Å². The van der Waals surface area contributed by atoms with Crippen molar-refractivity contribution < 1.29 is 4.42 Å². The molecular weight excluding hydrogens is 374 g/mol. The first kappa shape index (κ1) is 15.2. The molecule has 0 radical (unpaired) electrons. The molecule has 0 N–H and O–H groups in total. The molecule has 0 bridgehead atoms. The second-order valence-corrected chi connectivity index (χ2v) is 8.02. The Labute approximate surface area is 163 Å². The Kier molecular flexibility index (Phi) is 3.13. The topological polar surface area (TPSA) is 26.0 Å². The highest BCUT2D eigenvalue weighted by atomic mass is 35.5. The third-order valence-corrected chi connectivity index (χ3v) is 6.64. The highest BCUT2D eigenvalue weighted by Gasteiger charge is 2.17. The van der Waals surface area contributed by atoms with Crippen LogP contribution in [0.4, 0.5) is 0 Å². The van der Waals surface area contributed by atoms with E-state index in [1.807, 2.05) is 24.3 Å². The number of thiophene rings is 1. The van der Waals surface area contributed by atoms with E-state index in [0.717, 1.165) is 26.6 Å². The molecule has 0 spiro atoms. The Balaban J connectivity index is 1.62. The molecule has 0 fully saturated rings. The molecule has 4 aromatic carbocycles. The highest BCUT2D eigenvalue weighted by molar-refractivity contribution is 7.26. The summed E-state index contributed by atoms with van der Waals surface area (Å²) in [6, 6.07) is 24.9. The predicted octanol–water partition coefficient (Wildman–Crippen LogP) is 7.67. The molecule has 0 aliphatic carbocycles. The van der Waals surface area contributed by atoms with E-state index < -0.39 is 0 Å². The van der Waals surface area contributed by atoms with Crippen LogP contribution in [0.15, 0.2) is 77.2 Å². The average molecular weight is 386 g/mol. The number of nitrogens with zero attached hydrogens (tertiary/aromatic N) is 1. The maximum Gasteiger partial charge on any atom is 0.227 e. The van der Waals surface area contributed by atoms with E-state index in [-0.39, 0.29) is 0 Å². The van der Waals surface area contributed by atoms with Gasteiger partial charge < -0.3 is 4.42 Å². The van der Waals surface area contributed by atoms with Gasteiger partial charge in [-0.05, 0) is 35.0 Å². The van der Waals surface area contributed by atoms with Crippen LogP contribution in [0.3, 0.4) is 0 Å². The number of hydrogen-bond donors (Lipinski definition) is 0. The van der Waals surface area contributed by atoms with Crippen molar-refractivity contribution in [1.82, 2.24) is 4.98 Å². The maximum absolute atomic E-state index is 6.72. The summed E-state index contributed by atoms with van der Waals surface area (Å²) in [6.07, 6.45) is 0. The van der Waals surface area contributed by atoms with E-state index in [1.165, 1.54) is 15.5 Å². The molecule has 2 heterocycles. The number of rotatable bonds is 1. The first-order valence-corrected chi connectivity index (χ1v) is 9.87. The minimum atomic E-state index is 0.597. The van der Waals surface area contributed by atoms with Crippen molar-refractivity contribution in [1.29, 1.82) is 0 Å². The summed E-state index contributed by atoms with van der Waals surface area (Å²) in [5.41, 5.74) is 2.40. The Morgan fingerprint density at radius 2 is 1.63 bits per heavy atom. The zero-order valence-corrected chi connectivity index (χ0v) is 15.6. The zero-order valence-electron chi connectivity index (χ0n) is 14.1. The van der Waals surface area contributed by atoms with E-state index in [2.05, 4.69) is 48.5 Å². The van der Waals surface area contributed by atoms with Gasteiger partial charge in [-0.25, -0.2) is 4.98 Å². The Bertz CT molecular complexity index is 1490. The van der Waals surface area contributed by atoms with Crippen LogP contribution < -0.4 is 0 Å². The summed E-state index contributed by atoms with van der Waals surface area (Å²) in [5, 5.41) is 5.34. The summed E-state index contributed by atoms with van der Waals surface area (Å²) >= 11 is 8.41. The molecule has 27 heavy (non-hydrogen) atoms. The highest BCUT2D eigenvalue weighted by Crippen LogP contribution is 2.42. The standard InChI is InChI=1S/C23H12ClNOS/c24-20-21-18(12-17-16-7-3-4-8-19(16)27-22(17)20)25-23(26-21)15-10-9-13-5-1-2-6-14(13)11-15/h1-12H. The number of hydrogen-bond acceptors (Lipinski definition) is 3. The number of fused-ring (bicyclic) bond motifs is 5. The van der Waals surface area contributed by atoms with Crippen LogP contribution in [0.1, 0.15) is 0 Å². The van der Waals surface area contributed by atoms with E-state index in [0.29, 0.717) is 16.5 Å². The molecule has 6 rings (SSSR count). The largest absolute Gasteiger partial charge is 0.434 e. The molecule has 0 aliphatic rings. The molecule has 2 aromatic heterocycles. The van der Waals surface area contributed by atoms with Crippen molar-refractivity contribution in [2.75, 3.05) is 0 Å². The lowest BCUT2D eigenvalue weighted by atomic mass is 10.1. The normalized spacial score (nSPS) is 11.9. The third-order valence-electron chi connectivity index (χ3n) is 4.96. The summed E-state index contributed by atoms with van der Waals surface area (Å²) in [4.78, 5) is 4.74. The number of oxazole rings is 1. The molecule has 6 aromatic rings. The molecule has 4 heteroatoms. The third kappa shape index (κ3) is 2.22. The number of benzene rings is 4. The lowest BCUT2D eigenvalue weighted by molar-refractivity contribution is 0.620. The molecule has 0 saturated carbocycles. The van der Waals surface area contributed by atoms with Crippen LogP contribution in [0.25, 0.3) is 53.5 Å². The van der Waals surface area contributed by atoms with E-state index >= 15 is 0 Å². The van der Waals surface area contributed by atoms with Gasteiger partial charge in [0.15, 0.2) is 5.58 Å². The van der Waals surface area contributed by atoms with Gasteiger partial charge in [-0.2, -0.15) is 0 Å². The van der Waals surface area contributed by atoms with Gasteiger partial charge in [0.25, 0.3) is 0 Å². The van der Waals surface area contributed by atoms with Crippen molar-refractivity contribution in [3.63, 3.8) is 0 Å². The average Bonchev–Trinajstić information content (AvgIpc) is 3.30. The molecule has 0 unspecified atom stereocenters. The lowest BCUT2D eigenvalue weighted by Crippen LogP contribution is -1.78. The monoisotopic (exact) mass is 385 g/mol. The smallest absolute Gasteiger partial charge is 0.227 e. The lowest BCUT2D eigenvalue weighted by Gasteiger charge is -1.99. The number of aromatic nitrogens is 1. The van der Waals surface area contributed by atoms with E-state index in [1.54, 1.807) is 11.3 Å². The van der Waals surface area contributed by atoms with E-state index in [4.69, 9.17) is 21.0 Å². The fourth-order valence-electron chi connectivity index (χ4n) is 3.64. The number of halogens is 1. The molecular formula is C23H12ClNOS. The molecule has 0 aliphatic heterocycles. The quantitative estimate of drug-likeness (QED) is 0.290. The minimum Gasteiger partial charge on any atom is -0.434 e. The Morgan fingerprint density at radius 3 is 2.56 bits per heavy atom. The fourth-order valence-corrected chi connectivity index (χ4v) is 5.11. The second kappa shape index (κ2) is 5.56. The van der Waals surface area contributed by atoms with Gasteiger partial charge in [-0.1, -0.05) is 60.1 Å². The predicted molar refractivity (Wildman–Crippen MR) is 115 cm³/mol. The van der Waals surface area contributed by atoms with Crippen LogP contribution in [-0.4, -0.2) is 4.98 Å². The van der Waals surface area contributed by atoms with Gasteiger partial charge in [0.2, 0.25) is 5.89 Å². The Morgan fingerprint density at radius 1 is 0.815 bits per heavy atom. The van der Waals surface area contributed by atoms with Gasteiger partial charge in [-0.3, -0.25) is 0 Å².